The second kappa shape index (κ2) is 7.99. The van der Waals surface area contributed by atoms with Gasteiger partial charge in [-0.25, -0.2) is 0 Å². The van der Waals surface area contributed by atoms with Crippen LogP contribution in [0.1, 0.15) is 46.5 Å². The van der Waals surface area contributed by atoms with E-state index in [1.54, 1.807) is 0 Å². The highest BCUT2D eigenvalue weighted by atomic mass is 16.5. The summed E-state index contributed by atoms with van der Waals surface area (Å²) in [6, 6.07) is 7.94. The molecule has 0 fully saturated rings. The average molecular weight is 236 g/mol. The van der Waals surface area contributed by atoms with Crippen molar-refractivity contribution in [3.05, 3.63) is 24.3 Å². The van der Waals surface area contributed by atoms with Crippen molar-refractivity contribution < 1.29 is 9.47 Å². The summed E-state index contributed by atoms with van der Waals surface area (Å²) in [6.45, 7) is 7.24. The first-order valence-electron chi connectivity index (χ1n) is 6.69. The molecule has 96 valence electrons. The Labute approximate surface area is 105 Å². The molecule has 0 N–H and O–H groups in total. The largest absolute Gasteiger partial charge is 0.493 e. The second-order valence-electron chi connectivity index (χ2n) is 4.23. The monoisotopic (exact) mass is 236 g/mol. The number of hydrogen-bond donors (Lipinski definition) is 0. The highest BCUT2D eigenvalue weighted by Gasteiger charge is 2.05. The Hall–Kier alpha value is -1.18. The molecule has 0 unspecified atom stereocenters. The fourth-order valence-corrected chi connectivity index (χ4v) is 1.62. The van der Waals surface area contributed by atoms with E-state index in [-0.39, 0.29) is 0 Å². The van der Waals surface area contributed by atoms with Crippen molar-refractivity contribution in [2.45, 2.75) is 52.6 Å². The van der Waals surface area contributed by atoms with E-state index in [0.29, 0.717) is 6.10 Å². The van der Waals surface area contributed by atoms with Crippen molar-refractivity contribution in [1.29, 1.82) is 0 Å². The molecule has 0 amide bonds. The Bertz CT molecular complexity index is 306. The molecule has 1 aromatic carbocycles. The van der Waals surface area contributed by atoms with Crippen LogP contribution < -0.4 is 9.47 Å². The van der Waals surface area contributed by atoms with Gasteiger partial charge in [0.2, 0.25) is 0 Å². The zero-order valence-electron chi connectivity index (χ0n) is 11.2. The molecule has 0 heterocycles. The molecule has 0 saturated heterocycles. The highest BCUT2D eigenvalue weighted by Crippen LogP contribution is 2.21. The molecule has 0 radical (unpaired) electrons. The molecule has 2 nitrogen and oxygen atoms in total. The van der Waals surface area contributed by atoms with Gasteiger partial charge >= 0.3 is 0 Å². The Morgan fingerprint density at radius 3 is 2.41 bits per heavy atom. The predicted octanol–water partition coefficient (Wildman–Crippen LogP) is 4.43. The van der Waals surface area contributed by atoms with Gasteiger partial charge in [0.25, 0.3) is 0 Å². The van der Waals surface area contributed by atoms with Crippen molar-refractivity contribution in [2.75, 3.05) is 6.61 Å². The summed E-state index contributed by atoms with van der Waals surface area (Å²) in [5, 5.41) is 0. The fourth-order valence-electron chi connectivity index (χ4n) is 1.62. The van der Waals surface area contributed by atoms with Crippen LogP contribution in [-0.4, -0.2) is 12.7 Å². The van der Waals surface area contributed by atoms with E-state index in [0.717, 1.165) is 43.8 Å². The van der Waals surface area contributed by atoms with Gasteiger partial charge in [0.05, 0.1) is 12.7 Å². The van der Waals surface area contributed by atoms with Crippen molar-refractivity contribution in [3.8, 4) is 11.5 Å². The molecular weight excluding hydrogens is 212 g/mol. The maximum absolute atomic E-state index is 5.88. The Balaban J connectivity index is 2.52. The van der Waals surface area contributed by atoms with Crippen LogP contribution in [0.4, 0.5) is 0 Å². The van der Waals surface area contributed by atoms with Crippen LogP contribution in [0.2, 0.25) is 0 Å². The van der Waals surface area contributed by atoms with Crippen LogP contribution in [0.3, 0.4) is 0 Å². The van der Waals surface area contributed by atoms with Gasteiger partial charge in [0.1, 0.15) is 11.5 Å². The first-order valence-corrected chi connectivity index (χ1v) is 6.69. The lowest BCUT2D eigenvalue weighted by atomic mass is 10.2. The predicted molar refractivity (Wildman–Crippen MR) is 71.8 cm³/mol. The smallest absolute Gasteiger partial charge is 0.123 e. The van der Waals surface area contributed by atoms with Crippen molar-refractivity contribution in [1.82, 2.24) is 0 Å². The SMILES string of the molecule is CCCCOc1cccc(OC(CC)CC)c1. The highest BCUT2D eigenvalue weighted by molar-refractivity contribution is 5.33. The van der Waals surface area contributed by atoms with E-state index in [4.69, 9.17) is 9.47 Å². The van der Waals surface area contributed by atoms with E-state index < -0.39 is 0 Å². The van der Waals surface area contributed by atoms with Crippen molar-refractivity contribution >= 4 is 0 Å². The van der Waals surface area contributed by atoms with Gasteiger partial charge in [-0.2, -0.15) is 0 Å². The van der Waals surface area contributed by atoms with Gasteiger partial charge in [-0.05, 0) is 31.4 Å². The Morgan fingerprint density at radius 2 is 1.76 bits per heavy atom. The van der Waals surface area contributed by atoms with Gasteiger partial charge in [-0.3, -0.25) is 0 Å². The quantitative estimate of drug-likeness (QED) is 0.621. The maximum atomic E-state index is 5.88. The van der Waals surface area contributed by atoms with E-state index in [1.807, 2.05) is 24.3 Å². The number of unbranched alkanes of at least 4 members (excludes halogenated alkanes) is 1. The Kier molecular flexibility index (Phi) is 6.53. The number of benzene rings is 1. The molecule has 1 aromatic rings. The molecule has 0 aliphatic heterocycles. The van der Waals surface area contributed by atoms with E-state index >= 15 is 0 Å². The topological polar surface area (TPSA) is 18.5 Å². The zero-order valence-corrected chi connectivity index (χ0v) is 11.2. The first-order chi connectivity index (χ1) is 8.30. The molecule has 0 aromatic heterocycles. The van der Waals surface area contributed by atoms with Gasteiger partial charge in [0, 0.05) is 6.07 Å². The molecule has 0 aliphatic rings. The van der Waals surface area contributed by atoms with E-state index in [1.165, 1.54) is 0 Å². The van der Waals surface area contributed by atoms with Crippen LogP contribution in [0.5, 0.6) is 11.5 Å². The van der Waals surface area contributed by atoms with Crippen LogP contribution in [0.15, 0.2) is 24.3 Å². The summed E-state index contributed by atoms with van der Waals surface area (Å²) in [6.07, 6.45) is 4.64. The standard InChI is InChI=1S/C15H24O2/c1-4-7-11-16-14-9-8-10-15(12-14)17-13(5-2)6-3/h8-10,12-13H,4-7,11H2,1-3H3. The number of hydrogen-bond acceptors (Lipinski definition) is 2. The summed E-state index contributed by atoms with van der Waals surface area (Å²) in [5.41, 5.74) is 0. The summed E-state index contributed by atoms with van der Waals surface area (Å²) in [4.78, 5) is 0. The van der Waals surface area contributed by atoms with E-state index in [9.17, 15) is 0 Å². The first kappa shape index (κ1) is 13.9. The molecule has 1 rings (SSSR count). The third-order valence-corrected chi connectivity index (χ3v) is 2.79. The summed E-state index contributed by atoms with van der Waals surface area (Å²) < 4.78 is 11.5. The normalized spacial score (nSPS) is 10.6. The molecule has 0 atom stereocenters. The summed E-state index contributed by atoms with van der Waals surface area (Å²) in [7, 11) is 0. The lowest BCUT2D eigenvalue weighted by Crippen LogP contribution is -2.13. The molecule has 0 saturated carbocycles. The number of rotatable bonds is 8. The van der Waals surface area contributed by atoms with Gasteiger partial charge in [-0.1, -0.05) is 33.3 Å². The minimum Gasteiger partial charge on any atom is -0.493 e. The minimum absolute atomic E-state index is 0.306. The molecular formula is C15H24O2. The average Bonchev–Trinajstić information content (AvgIpc) is 2.37. The molecule has 0 bridgehead atoms. The third-order valence-electron chi connectivity index (χ3n) is 2.79. The lowest BCUT2D eigenvalue weighted by Gasteiger charge is -2.16. The van der Waals surface area contributed by atoms with Crippen molar-refractivity contribution in [3.63, 3.8) is 0 Å². The minimum atomic E-state index is 0.306. The number of ether oxygens (including phenoxy) is 2. The lowest BCUT2D eigenvalue weighted by molar-refractivity contribution is 0.191. The fraction of sp³-hybridized carbons (Fsp3) is 0.600. The van der Waals surface area contributed by atoms with Gasteiger partial charge in [0.15, 0.2) is 0 Å². The third kappa shape index (κ3) is 5.12. The van der Waals surface area contributed by atoms with Crippen molar-refractivity contribution in [2.24, 2.45) is 0 Å². The molecule has 17 heavy (non-hydrogen) atoms. The molecule has 0 spiro atoms. The maximum Gasteiger partial charge on any atom is 0.123 e. The summed E-state index contributed by atoms with van der Waals surface area (Å²) >= 11 is 0. The Morgan fingerprint density at radius 1 is 1.06 bits per heavy atom. The van der Waals surface area contributed by atoms with E-state index in [2.05, 4.69) is 20.8 Å². The van der Waals surface area contributed by atoms with Crippen LogP contribution in [-0.2, 0) is 0 Å². The zero-order chi connectivity index (χ0) is 12.5. The van der Waals surface area contributed by atoms with Crippen LogP contribution in [0.25, 0.3) is 0 Å². The van der Waals surface area contributed by atoms with Gasteiger partial charge in [-0.15, -0.1) is 0 Å². The van der Waals surface area contributed by atoms with Gasteiger partial charge < -0.3 is 9.47 Å². The molecule has 0 aliphatic carbocycles. The van der Waals surface area contributed by atoms with Crippen LogP contribution in [0, 0.1) is 0 Å². The summed E-state index contributed by atoms with van der Waals surface area (Å²) in [5.74, 6) is 1.81. The van der Waals surface area contributed by atoms with Crippen LogP contribution >= 0.6 is 0 Å². The molecule has 2 heteroatoms. The second-order valence-corrected chi connectivity index (χ2v) is 4.23.